The maximum Gasteiger partial charge on any atom is 0.352 e. The fourth-order valence-electron chi connectivity index (χ4n) is 3.42. The Labute approximate surface area is 148 Å². The van der Waals surface area contributed by atoms with Crippen LogP contribution in [-0.2, 0) is 11.3 Å². The maximum atomic E-state index is 12.6. The molecule has 3 heterocycles. The molecular formula is C17H18ClN5O2. The van der Waals surface area contributed by atoms with Gasteiger partial charge in [0.05, 0.1) is 5.52 Å². The molecule has 0 radical (unpaired) electrons. The van der Waals surface area contributed by atoms with Gasteiger partial charge in [-0.1, -0.05) is 11.6 Å². The minimum absolute atomic E-state index is 0.0556. The Balaban J connectivity index is 1.73. The second-order valence-electron chi connectivity index (χ2n) is 6.47. The number of amides is 1. The number of nitrogens with zero attached hydrogens (tertiary/aromatic N) is 5. The van der Waals surface area contributed by atoms with Crippen LogP contribution in [-0.4, -0.2) is 42.6 Å². The van der Waals surface area contributed by atoms with Gasteiger partial charge in [0, 0.05) is 23.0 Å². The van der Waals surface area contributed by atoms with Crippen LogP contribution in [0.2, 0.25) is 5.02 Å². The Morgan fingerprint density at radius 1 is 1.36 bits per heavy atom. The summed E-state index contributed by atoms with van der Waals surface area (Å²) in [6.45, 7) is 2.73. The Bertz CT molecular complexity index is 1020. The molecule has 7 nitrogen and oxygen atoms in total. The molecule has 0 unspecified atom stereocenters. The van der Waals surface area contributed by atoms with Crippen molar-refractivity contribution in [1.29, 1.82) is 0 Å². The molecule has 0 aliphatic carbocycles. The fourth-order valence-corrected chi connectivity index (χ4v) is 3.59. The number of rotatable bonds is 2. The van der Waals surface area contributed by atoms with E-state index in [-0.39, 0.29) is 24.2 Å². The van der Waals surface area contributed by atoms with Crippen LogP contribution in [0, 0.1) is 0 Å². The molecular weight excluding hydrogens is 342 g/mol. The number of halogens is 1. The van der Waals surface area contributed by atoms with E-state index in [0.29, 0.717) is 16.2 Å². The molecule has 1 saturated heterocycles. The number of carbonyl (C=O) groups excluding carboxylic acids is 1. The highest BCUT2D eigenvalue weighted by Crippen LogP contribution is 2.20. The molecule has 1 aliphatic rings. The van der Waals surface area contributed by atoms with Crippen LogP contribution in [0.25, 0.3) is 16.6 Å². The first-order valence-electron chi connectivity index (χ1n) is 8.37. The van der Waals surface area contributed by atoms with Crippen LogP contribution in [0.5, 0.6) is 0 Å². The SMILES string of the molecule is C[C@H]1CCCCN1C(=O)Cn1nc2c3ccc(Cl)cc3ncn2c1=O. The summed E-state index contributed by atoms with van der Waals surface area (Å²) in [6, 6.07) is 5.45. The van der Waals surface area contributed by atoms with Crippen LogP contribution in [0.4, 0.5) is 0 Å². The third kappa shape index (κ3) is 2.78. The highest BCUT2D eigenvalue weighted by atomic mass is 35.5. The van der Waals surface area contributed by atoms with Crippen molar-refractivity contribution in [3.8, 4) is 0 Å². The molecule has 8 heteroatoms. The zero-order valence-corrected chi connectivity index (χ0v) is 14.6. The van der Waals surface area contributed by atoms with Gasteiger partial charge >= 0.3 is 5.69 Å². The minimum atomic E-state index is -0.364. The normalized spacial score (nSPS) is 18.2. The summed E-state index contributed by atoms with van der Waals surface area (Å²) in [5, 5.41) is 5.66. The average molecular weight is 360 g/mol. The number of hydrogen-bond acceptors (Lipinski definition) is 4. The summed E-state index contributed by atoms with van der Waals surface area (Å²) in [4.78, 5) is 31.3. The zero-order valence-electron chi connectivity index (χ0n) is 13.9. The number of likely N-dealkylation sites (tertiary alicyclic amines) is 1. The third-order valence-electron chi connectivity index (χ3n) is 4.79. The lowest BCUT2D eigenvalue weighted by Gasteiger charge is -2.33. The lowest BCUT2D eigenvalue weighted by molar-refractivity contribution is -0.135. The molecule has 2 aromatic heterocycles. The van der Waals surface area contributed by atoms with E-state index in [2.05, 4.69) is 10.1 Å². The molecule has 130 valence electrons. The molecule has 0 spiro atoms. The van der Waals surface area contributed by atoms with E-state index < -0.39 is 0 Å². The van der Waals surface area contributed by atoms with E-state index in [1.807, 2.05) is 11.8 Å². The number of carbonyl (C=O) groups is 1. The molecule has 0 N–H and O–H groups in total. The van der Waals surface area contributed by atoms with Gasteiger partial charge in [-0.15, -0.1) is 5.10 Å². The van der Waals surface area contributed by atoms with Crippen molar-refractivity contribution in [2.45, 2.75) is 38.8 Å². The molecule has 1 aliphatic heterocycles. The van der Waals surface area contributed by atoms with Crippen molar-refractivity contribution in [2.24, 2.45) is 0 Å². The number of benzene rings is 1. The van der Waals surface area contributed by atoms with Crippen LogP contribution >= 0.6 is 11.6 Å². The molecule has 4 rings (SSSR count). The number of hydrogen-bond donors (Lipinski definition) is 0. The van der Waals surface area contributed by atoms with Crippen molar-refractivity contribution in [3.63, 3.8) is 0 Å². The molecule has 25 heavy (non-hydrogen) atoms. The van der Waals surface area contributed by atoms with E-state index in [1.165, 1.54) is 15.4 Å². The Hall–Kier alpha value is -2.41. The van der Waals surface area contributed by atoms with Crippen LogP contribution in [0.15, 0.2) is 29.3 Å². The van der Waals surface area contributed by atoms with Crippen molar-refractivity contribution in [2.75, 3.05) is 6.54 Å². The van der Waals surface area contributed by atoms with Gasteiger partial charge in [0.25, 0.3) is 0 Å². The summed E-state index contributed by atoms with van der Waals surface area (Å²) >= 11 is 5.99. The topological polar surface area (TPSA) is 72.5 Å². The second-order valence-corrected chi connectivity index (χ2v) is 6.91. The predicted molar refractivity (Wildman–Crippen MR) is 94.8 cm³/mol. The highest BCUT2D eigenvalue weighted by molar-refractivity contribution is 6.31. The zero-order chi connectivity index (χ0) is 17.6. The Morgan fingerprint density at radius 3 is 3.00 bits per heavy atom. The van der Waals surface area contributed by atoms with Crippen molar-refractivity contribution < 1.29 is 4.79 Å². The van der Waals surface area contributed by atoms with Gasteiger partial charge in [0.15, 0.2) is 5.65 Å². The highest BCUT2D eigenvalue weighted by Gasteiger charge is 2.24. The summed E-state index contributed by atoms with van der Waals surface area (Å²) in [6.07, 6.45) is 4.57. The smallest absolute Gasteiger partial charge is 0.338 e. The Morgan fingerprint density at radius 2 is 2.20 bits per heavy atom. The van der Waals surface area contributed by atoms with Crippen molar-refractivity contribution in [1.82, 2.24) is 24.1 Å². The largest absolute Gasteiger partial charge is 0.352 e. The molecule has 0 saturated carbocycles. The average Bonchev–Trinajstić information content (AvgIpc) is 2.91. The molecule has 1 amide bonds. The van der Waals surface area contributed by atoms with E-state index in [9.17, 15) is 9.59 Å². The molecule has 0 bridgehead atoms. The van der Waals surface area contributed by atoms with Crippen LogP contribution < -0.4 is 5.69 Å². The number of fused-ring (bicyclic) bond motifs is 3. The van der Waals surface area contributed by atoms with Crippen molar-refractivity contribution in [3.05, 3.63) is 40.0 Å². The van der Waals surface area contributed by atoms with Crippen molar-refractivity contribution >= 4 is 34.1 Å². The summed E-state index contributed by atoms with van der Waals surface area (Å²) in [5.41, 5.74) is 0.775. The minimum Gasteiger partial charge on any atom is -0.338 e. The molecule has 3 aromatic rings. The molecule has 1 atom stereocenters. The monoisotopic (exact) mass is 359 g/mol. The Kier molecular flexibility index (Phi) is 3.95. The maximum absolute atomic E-state index is 12.6. The fraction of sp³-hybridized carbons (Fsp3) is 0.412. The lowest BCUT2D eigenvalue weighted by Crippen LogP contribution is -2.44. The van der Waals surface area contributed by atoms with E-state index in [4.69, 9.17) is 11.6 Å². The predicted octanol–water partition coefficient (Wildman–Crippen LogP) is 2.10. The van der Waals surface area contributed by atoms with Crippen LogP contribution in [0.3, 0.4) is 0 Å². The quantitative estimate of drug-likeness (QED) is 0.702. The van der Waals surface area contributed by atoms with Gasteiger partial charge in [0.2, 0.25) is 5.91 Å². The van der Waals surface area contributed by atoms with Gasteiger partial charge in [-0.25, -0.2) is 18.9 Å². The van der Waals surface area contributed by atoms with Crippen LogP contribution in [0.1, 0.15) is 26.2 Å². The third-order valence-corrected chi connectivity index (χ3v) is 5.03. The summed E-state index contributed by atoms with van der Waals surface area (Å²) in [7, 11) is 0. The first kappa shape index (κ1) is 16.1. The summed E-state index contributed by atoms with van der Waals surface area (Å²) in [5.74, 6) is -0.0713. The standard InChI is InChI=1S/C17H18ClN5O2/c1-11-4-2-3-7-21(11)15(24)9-23-17(25)22-10-19-14-8-12(18)5-6-13(14)16(22)20-23/h5-6,8,10-11H,2-4,7,9H2,1H3/t11-/m0/s1. The van der Waals surface area contributed by atoms with E-state index in [1.54, 1.807) is 18.2 Å². The van der Waals surface area contributed by atoms with Gasteiger partial charge in [-0.05, 0) is 44.4 Å². The number of aromatic nitrogens is 4. The molecule has 1 fully saturated rings. The van der Waals surface area contributed by atoms with Gasteiger partial charge < -0.3 is 4.90 Å². The number of piperidine rings is 1. The van der Waals surface area contributed by atoms with E-state index >= 15 is 0 Å². The first-order chi connectivity index (χ1) is 12.0. The lowest BCUT2D eigenvalue weighted by atomic mass is 10.0. The summed E-state index contributed by atoms with van der Waals surface area (Å²) < 4.78 is 2.58. The van der Waals surface area contributed by atoms with Gasteiger partial charge in [0.1, 0.15) is 12.9 Å². The van der Waals surface area contributed by atoms with Gasteiger partial charge in [-0.3, -0.25) is 4.79 Å². The van der Waals surface area contributed by atoms with E-state index in [0.717, 1.165) is 31.2 Å². The first-order valence-corrected chi connectivity index (χ1v) is 8.75. The second kappa shape index (κ2) is 6.15. The van der Waals surface area contributed by atoms with Gasteiger partial charge in [-0.2, -0.15) is 0 Å². The molecule has 1 aromatic carbocycles.